The minimum Gasteiger partial charge on any atom is -0.497 e. The van der Waals surface area contributed by atoms with E-state index in [2.05, 4.69) is 0 Å². The molecule has 0 aliphatic heterocycles. The quantitative estimate of drug-likeness (QED) is 0.823. The molecule has 0 heterocycles. The second-order valence-corrected chi connectivity index (χ2v) is 4.55. The van der Waals surface area contributed by atoms with Crippen LogP contribution < -0.4 is 4.74 Å². The molecule has 0 fully saturated rings. The molecule has 0 radical (unpaired) electrons. The molecular weight excluding hydrogens is 256 g/mol. The van der Waals surface area contributed by atoms with Crippen molar-refractivity contribution in [1.29, 1.82) is 0 Å². The third-order valence-electron chi connectivity index (χ3n) is 3.10. The number of benzene rings is 1. The van der Waals surface area contributed by atoms with Crippen molar-refractivity contribution in [3.05, 3.63) is 59.7 Å². The fraction of sp³-hybridized carbons (Fsp3) is 0.250. The zero-order valence-corrected chi connectivity index (χ0v) is 11.5. The van der Waals surface area contributed by atoms with Gasteiger partial charge in [0.15, 0.2) is 0 Å². The molecule has 0 bridgehead atoms. The van der Waals surface area contributed by atoms with Crippen molar-refractivity contribution in [3.8, 4) is 5.75 Å². The molecule has 0 saturated heterocycles. The van der Waals surface area contributed by atoms with Gasteiger partial charge < -0.3 is 19.7 Å². The molecule has 0 saturated carbocycles. The Morgan fingerprint density at radius 3 is 2.70 bits per heavy atom. The van der Waals surface area contributed by atoms with Crippen LogP contribution in [-0.4, -0.2) is 36.3 Å². The molecule has 0 aromatic heterocycles. The highest BCUT2D eigenvalue weighted by molar-refractivity contribution is 5.57. The van der Waals surface area contributed by atoms with Crippen LogP contribution in [0.2, 0.25) is 0 Å². The van der Waals surface area contributed by atoms with E-state index in [0.717, 1.165) is 16.9 Å². The van der Waals surface area contributed by atoms with Crippen LogP contribution in [-0.2, 0) is 4.74 Å². The van der Waals surface area contributed by atoms with Gasteiger partial charge in [-0.2, -0.15) is 0 Å². The number of ether oxygens (including phenoxy) is 2. The van der Waals surface area contributed by atoms with E-state index >= 15 is 0 Å². The topological polar surface area (TPSA) is 58.9 Å². The summed E-state index contributed by atoms with van der Waals surface area (Å²) in [5.74, 6) is -1.16. The predicted molar refractivity (Wildman–Crippen MR) is 77.2 cm³/mol. The largest absolute Gasteiger partial charge is 0.497 e. The standard InChI is InChI=1S/C16H18O4/c1-19-14-5-3-4-12(10-14)6-7-13-8-9-16(17,18)15(11-13)20-2/h3-11,15,17-18H,1-2H3/b7-6+. The van der Waals surface area contributed by atoms with E-state index in [1.165, 1.54) is 13.2 Å². The summed E-state index contributed by atoms with van der Waals surface area (Å²) in [7, 11) is 3.06. The molecule has 1 aliphatic carbocycles. The van der Waals surface area contributed by atoms with Gasteiger partial charge in [0.25, 0.3) is 0 Å². The molecule has 1 aromatic rings. The lowest BCUT2D eigenvalue weighted by atomic mass is 9.98. The van der Waals surface area contributed by atoms with Gasteiger partial charge in [0.1, 0.15) is 11.9 Å². The van der Waals surface area contributed by atoms with Crippen LogP contribution in [0.25, 0.3) is 6.08 Å². The smallest absolute Gasteiger partial charge is 0.214 e. The van der Waals surface area contributed by atoms with E-state index in [4.69, 9.17) is 9.47 Å². The Morgan fingerprint density at radius 1 is 1.20 bits per heavy atom. The van der Waals surface area contributed by atoms with Crippen LogP contribution >= 0.6 is 0 Å². The SMILES string of the molecule is COc1cccc(/C=C/C2=CC(OC)C(O)(O)C=C2)c1. The Hall–Kier alpha value is -1.88. The number of aliphatic hydroxyl groups is 2. The fourth-order valence-corrected chi connectivity index (χ4v) is 1.96. The van der Waals surface area contributed by atoms with Gasteiger partial charge in [-0.1, -0.05) is 30.4 Å². The first kappa shape index (κ1) is 14.5. The molecule has 2 N–H and O–H groups in total. The molecule has 1 aliphatic rings. The first-order valence-corrected chi connectivity index (χ1v) is 6.26. The van der Waals surface area contributed by atoms with Crippen molar-refractivity contribution in [1.82, 2.24) is 0 Å². The highest BCUT2D eigenvalue weighted by atomic mass is 16.6. The van der Waals surface area contributed by atoms with Crippen LogP contribution in [0.4, 0.5) is 0 Å². The van der Waals surface area contributed by atoms with Crippen molar-refractivity contribution in [3.63, 3.8) is 0 Å². The Kier molecular flexibility index (Phi) is 4.39. The number of hydrogen-bond acceptors (Lipinski definition) is 4. The average Bonchev–Trinajstić information content (AvgIpc) is 2.46. The van der Waals surface area contributed by atoms with Crippen molar-refractivity contribution in [2.45, 2.75) is 11.9 Å². The summed E-state index contributed by atoms with van der Waals surface area (Å²) in [6.07, 6.45) is 7.65. The first-order valence-electron chi connectivity index (χ1n) is 6.26. The van der Waals surface area contributed by atoms with Gasteiger partial charge in [-0.3, -0.25) is 0 Å². The fourth-order valence-electron chi connectivity index (χ4n) is 1.96. The minimum absolute atomic E-state index is 0.780. The summed E-state index contributed by atoms with van der Waals surface area (Å²) in [5.41, 5.74) is 1.84. The monoisotopic (exact) mass is 274 g/mol. The van der Waals surface area contributed by atoms with Gasteiger partial charge in [-0.25, -0.2) is 0 Å². The third-order valence-corrected chi connectivity index (χ3v) is 3.10. The van der Waals surface area contributed by atoms with E-state index in [1.807, 2.05) is 36.4 Å². The average molecular weight is 274 g/mol. The molecule has 1 aromatic carbocycles. The second-order valence-electron chi connectivity index (χ2n) is 4.55. The molecule has 20 heavy (non-hydrogen) atoms. The summed E-state index contributed by atoms with van der Waals surface area (Å²) >= 11 is 0. The van der Waals surface area contributed by atoms with Gasteiger partial charge in [0.05, 0.1) is 7.11 Å². The zero-order chi connectivity index (χ0) is 14.6. The summed E-state index contributed by atoms with van der Waals surface area (Å²) < 4.78 is 10.2. The maximum atomic E-state index is 9.66. The van der Waals surface area contributed by atoms with E-state index in [-0.39, 0.29) is 0 Å². The lowest BCUT2D eigenvalue weighted by Gasteiger charge is -2.28. The van der Waals surface area contributed by atoms with Crippen LogP contribution in [0.3, 0.4) is 0 Å². The third kappa shape index (κ3) is 3.36. The number of hydrogen-bond donors (Lipinski definition) is 2. The molecule has 0 amide bonds. The van der Waals surface area contributed by atoms with E-state index < -0.39 is 11.9 Å². The lowest BCUT2D eigenvalue weighted by Crippen LogP contribution is -2.41. The van der Waals surface area contributed by atoms with Crippen LogP contribution in [0.1, 0.15) is 5.56 Å². The maximum absolute atomic E-state index is 9.66. The van der Waals surface area contributed by atoms with Gasteiger partial charge >= 0.3 is 0 Å². The normalized spacial score (nSPS) is 21.0. The van der Waals surface area contributed by atoms with Crippen LogP contribution in [0.15, 0.2) is 54.1 Å². The van der Waals surface area contributed by atoms with Gasteiger partial charge in [-0.15, -0.1) is 0 Å². The molecular formula is C16H18O4. The number of rotatable bonds is 4. The maximum Gasteiger partial charge on any atom is 0.214 e. The summed E-state index contributed by atoms with van der Waals surface area (Å²) in [6, 6.07) is 7.67. The number of methoxy groups -OCH3 is 2. The van der Waals surface area contributed by atoms with Crippen LogP contribution in [0.5, 0.6) is 5.75 Å². The molecule has 1 unspecified atom stereocenters. The zero-order valence-electron chi connectivity index (χ0n) is 11.5. The Bertz CT molecular complexity index is 555. The minimum atomic E-state index is -1.96. The highest BCUT2D eigenvalue weighted by Crippen LogP contribution is 2.23. The molecule has 106 valence electrons. The van der Waals surface area contributed by atoms with E-state index in [1.54, 1.807) is 19.3 Å². The Balaban J connectivity index is 2.15. The molecule has 2 rings (SSSR count). The van der Waals surface area contributed by atoms with Gasteiger partial charge in [0, 0.05) is 7.11 Å². The van der Waals surface area contributed by atoms with E-state index in [9.17, 15) is 10.2 Å². The lowest BCUT2D eigenvalue weighted by molar-refractivity contribution is -0.182. The van der Waals surface area contributed by atoms with Crippen molar-refractivity contribution in [2.75, 3.05) is 14.2 Å². The van der Waals surface area contributed by atoms with Crippen molar-refractivity contribution >= 4 is 6.08 Å². The number of allylic oxidation sites excluding steroid dienone is 3. The summed E-state index contributed by atoms with van der Waals surface area (Å²) in [4.78, 5) is 0. The molecule has 4 nitrogen and oxygen atoms in total. The van der Waals surface area contributed by atoms with Crippen LogP contribution in [0, 0.1) is 0 Å². The summed E-state index contributed by atoms with van der Waals surface area (Å²) in [5, 5.41) is 19.3. The Morgan fingerprint density at radius 2 is 2.00 bits per heavy atom. The molecule has 4 heteroatoms. The second kappa shape index (κ2) is 6.05. The predicted octanol–water partition coefficient (Wildman–Crippen LogP) is 1.90. The first-order chi connectivity index (χ1) is 9.55. The highest BCUT2D eigenvalue weighted by Gasteiger charge is 2.32. The van der Waals surface area contributed by atoms with Gasteiger partial charge in [0.2, 0.25) is 5.79 Å². The van der Waals surface area contributed by atoms with E-state index in [0.29, 0.717) is 0 Å². The van der Waals surface area contributed by atoms with Crippen molar-refractivity contribution < 1.29 is 19.7 Å². The molecule has 1 atom stereocenters. The van der Waals surface area contributed by atoms with Gasteiger partial charge in [-0.05, 0) is 35.4 Å². The Labute approximate surface area is 118 Å². The van der Waals surface area contributed by atoms with Crippen molar-refractivity contribution in [2.24, 2.45) is 0 Å². The summed E-state index contributed by atoms with van der Waals surface area (Å²) in [6.45, 7) is 0. The molecule has 0 spiro atoms.